The van der Waals surface area contributed by atoms with Gasteiger partial charge in [0.05, 0.1) is 12.1 Å². The van der Waals surface area contributed by atoms with Gasteiger partial charge in [0.25, 0.3) is 0 Å². The molecular formula is C9H16N4. The maximum Gasteiger partial charge on any atom is 0.189 e. The van der Waals surface area contributed by atoms with Crippen molar-refractivity contribution in [3.8, 4) is 0 Å². The third kappa shape index (κ3) is 0.981. The molecule has 0 aliphatic carbocycles. The average molecular weight is 180 g/mol. The minimum atomic E-state index is 0.233. The Bertz CT molecular complexity index is 262. The van der Waals surface area contributed by atoms with Crippen molar-refractivity contribution in [1.29, 1.82) is 0 Å². The second kappa shape index (κ2) is 2.38. The van der Waals surface area contributed by atoms with Crippen LogP contribution in [0.15, 0.2) is 4.99 Å². The Hall–Kier alpha value is -0.770. The highest BCUT2D eigenvalue weighted by Crippen LogP contribution is 2.37. The minimum absolute atomic E-state index is 0.233. The van der Waals surface area contributed by atoms with E-state index in [1.54, 1.807) is 0 Å². The number of hydrogen-bond acceptors (Lipinski definition) is 4. The Balaban J connectivity index is 1.84. The molecule has 0 aromatic heterocycles. The van der Waals surface area contributed by atoms with Crippen molar-refractivity contribution in [1.82, 2.24) is 10.2 Å². The van der Waals surface area contributed by atoms with E-state index in [0.717, 1.165) is 12.5 Å². The quantitative estimate of drug-likeness (QED) is 0.522. The maximum atomic E-state index is 5.70. The van der Waals surface area contributed by atoms with Gasteiger partial charge in [0.15, 0.2) is 5.96 Å². The number of guanidine groups is 1. The Morgan fingerprint density at radius 2 is 2.46 bits per heavy atom. The second-order valence-corrected chi connectivity index (χ2v) is 4.52. The first-order valence-electron chi connectivity index (χ1n) is 5.09. The van der Waals surface area contributed by atoms with Crippen LogP contribution in [-0.4, -0.2) is 42.6 Å². The summed E-state index contributed by atoms with van der Waals surface area (Å²) in [5.74, 6) is 1.42. The summed E-state index contributed by atoms with van der Waals surface area (Å²) in [6.45, 7) is 4.63. The number of aliphatic imine (C=N–C) groups is 1. The number of nitrogens with one attached hydrogen (secondary N) is 1. The van der Waals surface area contributed by atoms with Gasteiger partial charge in [-0.3, -0.25) is 4.99 Å². The lowest BCUT2D eigenvalue weighted by Crippen LogP contribution is -2.57. The molecule has 3 N–H and O–H groups in total. The van der Waals surface area contributed by atoms with E-state index in [1.165, 1.54) is 32.5 Å². The summed E-state index contributed by atoms with van der Waals surface area (Å²) in [7, 11) is 0. The molecule has 3 rings (SSSR count). The Morgan fingerprint density at radius 3 is 3.23 bits per heavy atom. The largest absolute Gasteiger partial charge is 0.370 e. The van der Waals surface area contributed by atoms with E-state index in [-0.39, 0.29) is 5.54 Å². The van der Waals surface area contributed by atoms with E-state index in [9.17, 15) is 0 Å². The van der Waals surface area contributed by atoms with Crippen LogP contribution in [0, 0.1) is 5.92 Å². The average Bonchev–Trinajstić information content (AvgIpc) is 2.66. The fourth-order valence-electron chi connectivity index (χ4n) is 2.98. The monoisotopic (exact) mass is 180 g/mol. The molecule has 3 atom stereocenters. The van der Waals surface area contributed by atoms with Gasteiger partial charge in [0, 0.05) is 13.1 Å². The van der Waals surface area contributed by atoms with Crippen LogP contribution in [-0.2, 0) is 0 Å². The summed E-state index contributed by atoms with van der Waals surface area (Å²) < 4.78 is 0. The first-order valence-corrected chi connectivity index (χ1v) is 5.09. The van der Waals surface area contributed by atoms with Crippen molar-refractivity contribution in [3.63, 3.8) is 0 Å². The van der Waals surface area contributed by atoms with E-state index in [0.29, 0.717) is 5.96 Å². The summed E-state index contributed by atoms with van der Waals surface area (Å²) in [5.41, 5.74) is 5.93. The van der Waals surface area contributed by atoms with Crippen LogP contribution in [0.1, 0.15) is 12.8 Å². The molecule has 2 saturated heterocycles. The van der Waals surface area contributed by atoms with Crippen molar-refractivity contribution < 1.29 is 0 Å². The zero-order valence-corrected chi connectivity index (χ0v) is 7.79. The summed E-state index contributed by atoms with van der Waals surface area (Å²) >= 11 is 0. The van der Waals surface area contributed by atoms with Gasteiger partial charge in [-0.05, 0) is 25.3 Å². The lowest BCUT2D eigenvalue weighted by molar-refractivity contribution is 0.164. The van der Waals surface area contributed by atoms with Crippen LogP contribution >= 0.6 is 0 Å². The van der Waals surface area contributed by atoms with E-state index in [4.69, 9.17) is 5.73 Å². The fraction of sp³-hybridized carbons (Fsp3) is 0.889. The predicted octanol–water partition coefficient (Wildman–Crippen LogP) is -0.631. The summed E-state index contributed by atoms with van der Waals surface area (Å²) in [6.07, 6.45) is 2.53. The topological polar surface area (TPSA) is 53.6 Å². The molecule has 0 aromatic rings. The van der Waals surface area contributed by atoms with Crippen molar-refractivity contribution >= 4 is 5.96 Å². The van der Waals surface area contributed by atoms with Crippen molar-refractivity contribution in [2.24, 2.45) is 16.6 Å². The molecule has 72 valence electrons. The Labute approximate surface area is 78.2 Å². The number of nitrogens with two attached hydrogens (primary N) is 1. The zero-order valence-electron chi connectivity index (χ0n) is 7.79. The van der Waals surface area contributed by atoms with Gasteiger partial charge in [-0.25, -0.2) is 0 Å². The second-order valence-electron chi connectivity index (χ2n) is 4.52. The van der Waals surface area contributed by atoms with Crippen LogP contribution in [0.3, 0.4) is 0 Å². The molecule has 1 spiro atoms. The highest BCUT2D eigenvalue weighted by atomic mass is 15.3. The molecule has 0 radical (unpaired) electrons. The Morgan fingerprint density at radius 1 is 1.54 bits per heavy atom. The van der Waals surface area contributed by atoms with E-state index in [2.05, 4.69) is 15.2 Å². The van der Waals surface area contributed by atoms with Crippen LogP contribution in [0.5, 0.6) is 0 Å². The van der Waals surface area contributed by atoms with Gasteiger partial charge in [-0.15, -0.1) is 0 Å². The van der Waals surface area contributed by atoms with Gasteiger partial charge < -0.3 is 16.0 Å². The number of rotatable bonds is 0. The Kier molecular flexibility index (Phi) is 1.39. The van der Waals surface area contributed by atoms with E-state index < -0.39 is 0 Å². The van der Waals surface area contributed by atoms with Crippen LogP contribution in [0.2, 0.25) is 0 Å². The van der Waals surface area contributed by atoms with E-state index in [1.807, 2.05) is 0 Å². The third-order valence-electron chi connectivity index (χ3n) is 3.84. The van der Waals surface area contributed by atoms with Gasteiger partial charge in [0.2, 0.25) is 0 Å². The van der Waals surface area contributed by atoms with Crippen molar-refractivity contribution in [2.45, 2.75) is 18.4 Å². The molecule has 3 heterocycles. The molecule has 3 aliphatic heterocycles. The first kappa shape index (κ1) is 7.62. The lowest BCUT2D eigenvalue weighted by Gasteiger charge is -2.39. The number of nitrogens with zero attached hydrogens (tertiary/aromatic N) is 2. The molecule has 0 saturated carbocycles. The van der Waals surface area contributed by atoms with Gasteiger partial charge in [-0.2, -0.15) is 0 Å². The summed E-state index contributed by atoms with van der Waals surface area (Å²) in [6, 6.07) is 0. The molecule has 4 nitrogen and oxygen atoms in total. The van der Waals surface area contributed by atoms with Crippen molar-refractivity contribution in [2.75, 3.05) is 26.2 Å². The van der Waals surface area contributed by atoms with Gasteiger partial charge in [0.1, 0.15) is 0 Å². The summed E-state index contributed by atoms with van der Waals surface area (Å²) in [5, 5.41) is 3.40. The molecule has 3 unspecified atom stereocenters. The van der Waals surface area contributed by atoms with Crippen LogP contribution in [0.25, 0.3) is 0 Å². The van der Waals surface area contributed by atoms with Crippen LogP contribution < -0.4 is 11.1 Å². The number of hydrogen-bond donors (Lipinski definition) is 2. The van der Waals surface area contributed by atoms with Crippen molar-refractivity contribution in [3.05, 3.63) is 0 Å². The summed E-state index contributed by atoms with van der Waals surface area (Å²) in [4.78, 5) is 6.84. The molecule has 0 aromatic carbocycles. The van der Waals surface area contributed by atoms with Gasteiger partial charge >= 0.3 is 0 Å². The standard InChI is InChI=1S/C9H16N4/c10-8-11-6-9(12-8)2-4-13-3-1-7(9)5-13/h7H,1-6H2,(H3,10,11,12). The minimum Gasteiger partial charge on any atom is -0.370 e. The van der Waals surface area contributed by atoms with E-state index >= 15 is 0 Å². The molecule has 13 heavy (non-hydrogen) atoms. The first-order chi connectivity index (χ1) is 6.28. The predicted molar refractivity (Wildman–Crippen MR) is 51.5 cm³/mol. The lowest BCUT2D eigenvalue weighted by atomic mass is 9.79. The maximum absolute atomic E-state index is 5.70. The third-order valence-corrected chi connectivity index (χ3v) is 3.84. The molecule has 2 fully saturated rings. The fourth-order valence-corrected chi connectivity index (χ4v) is 2.98. The SMILES string of the molecule is NC1=NCC2(CCN3CCC2C3)N1. The number of fused-ring (bicyclic) bond motifs is 3. The molecule has 0 amide bonds. The highest BCUT2D eigenvalue weighted by molar-refractivity contribution is 5.80. The van der Waals surface area contributed by atoms with Crippen LogP contribution in [0.4, 0.5) is 0 Å². The molecule has 2 bridgehead atoms. The number of piperidine rings is 1. The van der Waals surface area contributed by atoms with Gasteiger partial charge in [-0.1, -0.05) is 0 Å². The molecule has 3 aliphatic rings. The zero-order chi connectivity index (χ0) is 8.89. The highest BCUT2D eigenvalue weighted by Gasteiger charge is 2.48. The normalized spacial score (nSPS) is 47.8. The smallest absolute Gasteiger partial charge is 0.189 e. The molecule has 4 heteroatoms. The molecular weight excluding hydrogens is 164 g/mol.